The molecule has 2 aromatic rings. The lowest BCUT2D eigenvalue weighted by molar-refractivity contribution is -0.165. The second-order valence-corrected chi connectivity index (χ2v) is 7.33. The molecule has 1 saturated heterocycles. The van der Waals surface area contributed by atoms with Crippen LogP contribution in [0.2, 0.25) is 5.02 Å². The largest absolute Gasteiger partial charge is 0.488 e. The Hall–Kier alpha value is -2.35. The summed E-state index contributed by atoms with van der Waals surface area (Å²) in [4.78, 5) is 18.7. The number of aromatic nitrogens is 1. The van der Waals surface area contributed by atoms with Crippen LogP contribution in [-0.4, -0.2) is 50.2 Å². The lowest BCUT2D eigenvalue weighted by Gasteiger charge is -2.39. The molecule has 0 radical (unpaired) electrons. The summed E-state index contributed by atoms with van der Waals surface area (Å²) in [5, 5.41) is 0.503. The predicted molar refractivity (Wildman–Crippen MR) is 108 cm³/mol. The normalized spacial score (nSPS) is 21.2. The summed E-state index contributed by atoms with van der Waals surface area (Å²) in [6.07, 6.45) is 4.50. The van der Waals surface area contributed by atoms with Crippen molar-refractivity contribution in [2.75, 3.05) is 31.8 Å². The van der Waals surface area contributed by atoms with Crippen LogP contribution in [0.4, 0.5) is 11.5 Å². The third-order valence-corrected chi connectivity index (χ3v) is 5.32. The van der Waals surface area contributed by atoms with Gasteiger partial charge in [-0.25, -0.2) is 9.78 Å². The first-order valence-electron chi connectivity index (χ1n) is 9.66. The summed E-state index contributed by atoms with van der Waals surface area (Å²) < 4.78 is 22.6. The molecule has 7 nitrogen and oxygen atoms in total. The molecule has 1 fully saturated rings. The van der Waals surface area contributed by atoms with Crippen LogP contribution in [0.15, 0.2) is 36.5 Å². The first kappa shape index (κ1) is 19.9. The second-order valence-electron chi connectivity index (χ2n) is 6.92. The number of benzene rings is 1. The third-order valence-electron chi connectivity index (χ3n) is 5.02. The molecule has 0 saturated carbocycles. The number of nitrogens with zero attached hydrogens (tertiary/aromatic N) is 2. The second kappa shape index (κ2) is 8.98. The summed E-state index contributed by atoms with van der Waals surface area (Å²) in [6.45, 7) is 1.40. The maximum Gasteiger partial charge on any atom is 0.341 e. The van der Waals surface area contributed by atoms with Crippen molar-refractivity contribution in [2.24, 2.45) is 0 Å². The minimum absolute atomic E-state index is 0.187. The molecule has 8 heteroatoms. The zero-order chi connectivity index (χ0) is 20.2. The molecule has 2 aliphatic rings. The van der Waals surface area contributed by atoms with Crippen molar-refractivity contribution in [3.63, 3.8) is 0 Å². The highest BCUT2D eigenvalue weighted by Gasteiger charge is 2.34. The van der Waals surface area contributed by atoms with Gasteiger partial charge in [-0.1, -0.05) is 17.7 Å². The van der Waals surface area contributed by atoms with Gasteiger partial charge in [0, 0.05) is 12.8 Å². The highest BCUT2D eigenvalue weighted by Crippen LogP contribution is 2.42. The number of carbonyl (C=O) groups excluding carboxylic acids is 1. The first-order valence-corrected chi connectivity index (χ1v) is 10.0. The smallest absolute Gasteiger partial charge is 0.341 e. The van der Waals surface area contributed by atoms with Gasteiger partial charge in [0.05, 0.1) is 30.5 Å². The molecule has 154 valence electrons. The van der Waals surface area contributed by atoms with Crippen LogP contribution in [0, 0.1) is 0 Å². The van der Waals surface area contributed by atoms with Crippen LogP contribution in [0.5, 0.6) is 5.75 Å². The van der Waals surface area contributed by atoms with Gasteiger partial charge in [-0.2, -0.15) is 0 Å². The molecule has 0 spiro atoms. The standard InChI is InChI=1S/C21H23ClN2O5/c1-26-21(25)15-6-4-8-17-19(15)29-13-14(12-28-18-9-2-3-11-27-18)24(17)20-16(22)7-5-10-23-20/h4-8,10,14,18H,2-3,9,11-13H2,1H3/t14-,18?/m0/s1. The van der Waals surface area contributed by atoms with Gasteiger partial charge in [-0.3, -0.25) is 0 Å². The number of anilines is 2. The molecule has 0 amide bonds. The number of ether oxygens (including phenoxy) is 4. The van der Waals surface area contributed by atoms with Crippen LogP contribution in [0.25, 0.3) is 0 Å². The highest BCUT2D eigenvalue weighted by atomic mass is 35.5. The van der Waals surface area contributed by atoms with E-state index in [0.29, 0.717) is 47.7 Å². The fourth-order valence-electron chi connectivity index (χ4n) is 3.61. The van der Waals surface area contributed by atoms with Crippen molar-refractivity contribution in [2.45, 2.75) is 31.6 Å². The number of rotatable bonds is 5. The quantitative estimate of drug-likeness (QED) is 0.680. The molecule has 0 bridgehead atoms. The average molecular weight is 419 g/mol. The van der Waals surface area contributed by atoms with Gasteiger partial charge in [0.25, 0.3) is 0 Å². The van der Waals surface area contributed by atoms with Crippen LogP contribution in [0.3, 0.4) is 0 Å². The van der Waals surface area contributed by atoms with Crippen molar-refractivity contribution < 1.29 is 23.7 Å². The monoisotopic (exact) mass is 418 g/mol. The molecule has 1 aromatic heterocycles. The molecule has 4 rings (SSSR count). The Bertz CT molecular complexity index is 872. The summed E-state index contributed by atoms with van der Waals surface area (Å²) in [5.74, 6) is 0.573. The first-order chi connectivity index (χ1) is 14.2. The Kier molecular flexibility index (Phi) is 6.18. The van der Waals surface area contributed by atoms with E-state index in [4.69, 9.17) is 30.5 Å². The number of methoxy groups -OCH3 is 1. The number of esters is 1. The van der Waals surface area contributed by atoms with E-state index in [1.165, 1.54) is 7.11 Å². The van der Waals surface area contributed by atoms with E-state index < -0.39 is 5.97 Å². The Morgan fingerprint density at radius 2 is 2.21 bits per heavy atom. The van der Waals surface area contributed by atoms with Gasteiger partial charge < -0.3 is 23.8 Å². The minimum Gasteiger partial charge on any atom is -0.488 e. The molecule has 2 atom stereocenters. The number of pyridine rings is 1. The van der Waals surface area contributed by atoms with Gasteiger partial charge in [-0.05, 0) is 43.5 Å². The molecular weight excluding hydrogens is 396 g/mol. The fraction of sp³-hybridized carbons (Fsp3) is 0.429. The fourth-order valence-corrected chi connectivity index (χ4v) is 3.83. The van der Waals surface area contributed by atoms with E-state index in [-0.39, 0.29) is 12.3 Å². The van der Waals surface area contributed by atoms with Gasteiger partial charge in [0.2, 0.25) is 0 Å². The molecule has 1 aromatic carbocycles. The van der Waals surface area contributed by atoms with Gasteiger partial charge in [0.1, 0.15) is 12.2 Å². The van der Waals surface area contributed by atoms with Crippen LogP contribution in [0.1, 0.15) is 29.6 Å². The minimum atomic E-state index is -0.459. The number of para-hydroxylation sites is 1. The number of carbonyl (C=O) groups is 1. The number of fused-ring (bicyclic) bond motifs is 1. The maximum atomic E-state index is 12.2. The number of hydrogen-bond acceptors (Lipinski definition) is 7. The van der Waals surface area contributed by atoms with Crippen molar-refractivity contribution in [3.8, 4) is 5.75 Å². The van der Waals surface area contributed by atoms with E-state index in [0.717, 1.165) is 19.3 Å². The Morgan fingerprint density at radius 1 is 1.31 bits per heavy atom. The molecule has 3 heterocycles. The molecule has 0 N–H and O–H groups in total. The molecule has 0 aliphatic carbocycles. The van der Waals surface area contributed by atoms with Gasteiger partial charge in [0.15, 0.2) is 17.9 Å². The summed E-state index contributed by atoms with van der Waals surface area (Å²) in [7, 11) is 1.35. The van der Waals surface area contributed by atoms with Gasteiger partial charge >= 0.3 is 5.97 Å². The SMILES string of the molecule is COC(=O)c1cccc2c1OC[C@H](COC1CCCCO1)N2c1ncccc1Cl. The van der Waals surface area contributed by atoms with Crippen LogP contribution < -0.4 is 9.64 Å². The summed E-state index contributed by atoms with van der Waals surface area (Å²) >= 11 is 6.47. The van der Waals surface area contributed by atoms with E-state index in [9.17, 15) is 4.79 Å². The van der Waals surface area contributed by atoms with E-state index in [2.05, 4.69) is 4.98 Å². The van der Waals surface area contributed by atoms with Crippen molar-refractivity contribution in [1.29, 1.82) is 0 Å². The lowest BCUT2D eigenvalue weighted by Crippen LogP contribution is -2.45. The van der Waals surface area contributed by atoms with E-state index >= 15 is 0 Å². The Morgan fingerprint density at radius 3 is 2.97 bits per heavy atom. The molecule has 2 aliphatic heterocycles. The zero-order valence-electron chi connectivity index (χ0n) is 16.2. The van der Waals surface area contributed by atoms with Crippen molar-refractivity contribution in [1.82, 2.24) is 4.98 Å². The Labute approximate surface area is 174 Å². The third kappa shape index (κ3) is 4.17. The topological polar surface area (TPSA) is 70.1 Å². The zero-order valence-corrected chi connectivity index (χ0v) is 16.9. The van der Waals surface area contributed by atoms with Crippen molar-refractivity contribution >= 4 is 29.1 Å². The van der Waals surface area contributed by atoms with Crippen LogP contribution in [-0.2, 0) is 14.2 Å². The molecule has 1 unspecified atom stereocenters. The van der Waals surface area contributed by atoms with E-state index in [1.807, 2.05) is 11.0 Å². The van der Waals surface area contributed by atoms with Gasteiger partial charge in [-0.15, -0.1) is 0 Å². The van der Waals surface area contributed by atoms with Crippen LogP contribution >= 0.6 is 11.6 Å². The summed E-state index contributed by atoms with van der Waals surface area (Å²) in [6, 6.07) is 8.70. The Balaban J connectivity index is 1.68. The van der Waals surface area contributed by atoms with Crippen molar-refractivity contribution in [3.05, 3.63) is 47.1 Å². The number of halogens is 1. The highest BCUT2D eigenvalue weighted by molar-refractivity contribution is 6.33. The predicted octanol–water partition coefficient (Wildman–Crippen LogP) is 3.96. The lowest BCUT2D eigenvalue weighted by atomic mass is 10.1. The number of hydrogen-bond donors (Lipinski definition) is 0. The maximum absolute atomic E-state index is 12.2. The molecule has 29 heavy (non-hydrogen) atoms. The van der Waals surface area contributed by atoms with E-state index in [1.54, 1.807) is 30.5 Å². The average Bonchev–Trinajstić information content (AvgIpc) is 2.77. The summed E-state index contributed by atoms with van der Waals surface area (Å²) in [5.41, 5.74) is 1.05. The molecular formula is C21H23ClN2O5.